The van der Waals surface area contributed by atoms with E-state index in [0.29, 0.717) is 5.02 Å². The molecule has 0 amide bonds. The van der Waals surface area contributed by atoms with Crippen molar-refractivity contribution in [2.24, 2.45) is 0 Å². The number of thiazole rings is 1. The first-order valence-corrected chi connectivity index (χ1v) is 9.26. The number of aryl methyl sites for hydroxylation is 1. The van der Waals surface area contributed by atoms with E-state index in [0.717, 1.165) is 38.4 Å². The average Bonchev–Trinajstić information content (AvgIpc) is 2.99. The van der Waals surface area contributed by atoms with Crippen LogP contribution in [0.2, 0.25) is 5.02 Å². The van der Waals surface area contributed by atoms with E-state index < -0.39 is 0 Å². The van der Waals surface area contributed by atoms with Crippen LogP contribution in [0.3, 0.4) is 0 Å². The Hall–Kier alpha value is -1.43. The predicted molar refractivity (Wildman–Crippen MR) is 94.7 cm³/mol. The lowest BCUT2D eigenvalue weighted by atomic mass is 10.1. The van der Waals surface area contributed by atoms with Gasteiger partial charge >= 0.3 is 0 Å². The second-order valence-electron chi connectivity index (χ2n) is 4.58. The van der Waals surface area contributed by atoms with Crippen molar-refractivity contribution in [1.82, 2.24) is 15.0 Å². The highest BCUT2D eigenvalue weighted by molar-refractivity contribution is 7.98. The molecular weight excluding hydrogens is 334 g/mol. The topological polar surface area (TPSA) is 38.7 Å². The van der Waals surface area contributed by atoms with Gasteiger partial charge in [-0.15, -0.1) is 11.3 Å². The summed E-state index contributed by atoms with van der Waals surface area (Å²) in [5.74, 6) is 0. The first-order chi connectivity index (χ1) is 10.7. The highest BCUT2D eigenvalue weighted by atomic mass is 35.5. The summed E-state index contributed by atoms with van der Waals surface area (Å²) in [6, 6.07) is 9.71. The van der Waals surface area contributed by atoms with E-state index >= 15 is 0 Å². The third-order valence-corrected chi connectivity index (χ3v) is 5.14. The molecule has 6 heteroatoms. The van der Waals surface area contributed by atoms with Crippen LogP contribution in [0.1, 0.15) is 11.9 Å². The van der Waals surface area contributed by atoms with E-state index in [1.807, 2.05) is 36.6 Å². The van der Waals surface area contributed by atoms with Gasteiger partial charge in [-0.2, -0.15) is 0 Å². The van der Waals surface area contributed by atoms with Gasteiger partial charge in [-0.25, -0.2) is 15.0 Å². The molecule has 0 aliphatic heterocycles. The van der Waals surface area contributed by atoms with E-state index in [1.54, 1.807) is 17.5 Å². The van der Waals surface area contributed by atoms with Gasteiger partial charge in [0.15, 0.2) is 5.16 Å². The lowest BCUT2D eigenvalue weighted by molar-refractivity contribution is 0.978. The van der Waals surface area contributed by atoms with Crippen LogP contribution in [-0.4, -0.2) is 21.2 Å². The summed E-state index contributed by atoms with van der Waals surface area (Å²) in [5.41, 5.74) is 2.87. The number of aromatic nitrogens is 3. The van der Waals surface area contributed by atoms with Crippen molar-refractivity contribution in [3.05, 3.63) is 46.6 Å². The number of halogens is 1. The molecule has 0 unspecified atom stereocenters. The lowest BCUT2D eigenvalue weighted by Gasteiger charge is -2.03. The fourth-order valence-electron chi connectivity index (χ4n) is 2.09. The zero-order valence-electron chi connectivity index (χ0n) is 12.2. The molecule has 0 saturated heterocycles. The SMILES string of the molecule is CCc1nc(-c2cccc(Cl)c2)c(-c2ccnc(SC)n2)s1. The smallest absolute Gasteiger partial charge is 0.187 e. The van der Waals surface area contributed by atoms with Crippen molar-refractivity contribution in [3.8, 4) is 21.8 Å². The molecule has 0 aliphatic rings. The Morgan fingerprint density at radius 2 is 2.09 bits per heavy atom. The number of thioether (sulfide) groups is 1. The Morgan fingerprint density at radius 1 is 1.23 bits per heavy atom. The van der Waals surface area contributed by atoms with Crippen LogP contribution in [0.15, 0.2) is 41.7 Å². The Morgan fingerprint density at radius 3 is 2.82 bits per heavy atom. The van der Waals surface area contributed by atoms with Gasteiger partial charge in [-0.05, 0) is 30.9 Å². The minimum absolute atomic E-state index is 0.710. The Labute approximate surface area is 142 Å². The highest BCUT2D eigenvalue weighted by Crippen LogP contribution is 2.37. The molecule has 2 heterocycles. The van der Waals surface area contributed by atoms with Crippen molar-refractivity contribution < 1.29 is 0 Å². The van der Waals surface area contributed by atoms with Gasteiger partial charge in [-0.3, -0.25) is 0 Å². The van der Waals surface area contributed by atoms with Gasteiger partial charge in [0.2, 0.25) is 0 Å². The average molecular weight is 348 g/mol. The van der Waals surface area contributed by atoms with Gasteiger partial charge in [0.25, 0.3) is 0 Å². The largest absolute Gasteiger partial charge is 0.241 e. The number of benzene rings is 1. The summed E-state index contributed by atoms with van der Waals surface area (Å²) in [7, 11) is 0. The molecule has 112 valence electrons. The summed E-state index contributed by atoms with van der Waals surface area (Å²) in [5, 5.41) is 2.57. The predicted octanol–water partition coefficient (Wildman–Crippen LogP) is 5.20. The summed E-state index contributed by atoms with van der Waals surface area (Å²) < 4.78 is 0. The number of hydrogen-bond acceptors (Lipinski definition) is 5. The minimum Gasteiger partial charge on any atom is -0.241 e. The molecule has 3 aromatic rings. The molecule has 0 atom stereocenters. The summed E-state index contributed by atoms with van der Waals surface area (Å²) in [6.45, 7) is 2.11. The van der Waals surface area contributed by atoms with E-state index in [-0.39, 0.29) is 0 Å². The van der Waals surface area contributed by atoms with Crippen LogP contribution in [0.25, 0.3) is 21.8 Å². The molecule has 0 saturated carbocycles. The second kappa shape index (κ2) is 6.77. The molecule has 0 radical (unpaired) electrons. The van der Waals surface area contributed by atoms with Crippen molar-refractivity contribution in [1.29, 1.82) is 0 Å². The van der Waals surface area contributed by atoms with Gasteiger partial charge in [0.1, 0.15) is 0 Å². The molecule has 0 N–H and O–H groups in total. The molecule has 2 aromatic heterocycles. The van der Waals surface area contributed by atoms with Crippen LogP contribution in [0, 0.1) is 0 Å². The van der Waals surface area contributed by atoms with Crippen molar-refractivity contribution in [3.63, 3.8) is 0 Å². The van der Waals surface area contributed by atoms with Crippen LogP contribution in [0.5, 0.6) is 0 Å². The standard InChI is InChI=1S/C16H14ClN3S2/c1-3-13-20-14(10-5-4-6-11(17)9-10)15(22-13)12-7-8-18-16(19-12)21-2/h4-9H,3H2,1-2H3. The fraction of sp³-hybridized carbons (Fsp3) is 0.188. The first-order valence-electron chi connectivity index (χ1n) is 6.84. The van der Waals surface area contributed by atoms with Gasteiger partial charge in [0, 0.05) is 16.8 Å². The lowest BCUT2D eigenvalue weighted by Crippen LogP contribution is -1.89. The quantitative estimate of drug-likeness (QED) is 0.480. The molecule has 3 nitrogen and oxygen atoms in total. The summed E-state index contributed by atoms with van der Waals surface area (Å²) >= 11 is 9.34. The van der Waals surface area contributed by atoms with Crippen molar-refractivity contribution in [2.45, 2.75) is 18.5 Å². The number of rotatable bonds is 4. The molecule has 0 spiro atoms. The second-order valence-corrected chi connectivity index (χ2v) is 6.87. The molecule has 3 rings (SSSR count). The first kappa shape index (κ1) is 15.5. The normalized spacial score (nSPS) is 10.9. The third-order valence-electron chi connectivity index (χ3n) is 3.12. The molecular formula is C16H14ClN3S2. The van der Waals surface area contributed by atoms with Gasteiger partial charge in [-0.1, -0.05) is 42.4 Å². The number of nitrogens with zero attached hydrogens (tertiary/aromatic N) is 3. The molecule has 1 aromatic carbocycles. The maximum Gasteiger partial charge on any atom is 0.187 e. The zero-order chi connectivity index (χ0) is 15.5. The van der Waals surface area contributed by atoms with E-state index in [9.17, 15) is 0 Å². The Balaban J connectivity index is 2.16. The maximum absolute atomic E-state index is 6.13. The molecule has 0 bridgehead atoms. The van der Waals surface area contributed by atoms with Crippen LogP contribution in [-0.2, 0) is 6.42 Å². The Kier molecular flexibility index (Phi) is 4.76. The summed E-state index contributed by atoms with van der Waals surface area (Å²) in [6.07, 6.45) is 4.67. The fourth-order valence-corrected chi connectivity index (χ4v) is 3.63. The van der Waals surface area contributed by atoms with Crippen molar-refractivity contribution in [2.75, 3.05) is 6.26 Å². The van der Waals surface area contributed by atoms with Crippen molar-refractivity contribution >= 4 is 34.7 Å². The highest BCUT2D eigenvalue weighted by Gasteiger charge is 2.16. The van der Waals surface area contributed by atoms with Gasteiger partial charge < -0.3 is 0 Å². The minimum atomic E-state index is 0.710. The number of hydrogen-bond donors (Lipinski definition) is 0. The molecule has 0 fully saturated rings. The van der Waals surface area contributed by atoms with E-state index in [2.05, 4.69) is 16.9 Å². The van der Waals surface area contributed by atoms with Crippen LogP contribution < -0.4 is 0 Å². The van der Waals surface area contributed by atoms with Gasteiger partial charge in [0.05, 0.1) is 21.3 Å². The van der Waals surface area contributed by atoms with E-state index in [1.165, 1.54) is 11.8 Å². The Bertz CT molecular complexity index is 802. The maximum atomic E-state index is 6.13. The third kappa shape index (κ3) is 3.16. The molecule has 22 heavy (non-hydrogen) atoms. The summed E-state index contributed by atoms with van der Waals surface area (Å²) in [4.78, 5) is 14.7. The monoisotopic (exact) mass is 347 g/mol. The molecule has 0 aliphatic carbocycles. The van der Waals surface area contributed by atoms with Crippen LogP contribution in [0.4, 0.5) is 0 Å². The zero-order valence-corrected chi connectivity index (χ0v) is 14.6. The van der Waals surface area contributed by atoms with Crippen LogP contribution >= 0.6 is 34.7 Å². The van der Waals surface area contributed by atoms with E-state index in [4.69, 9.17) is 16.6 Å².